The van der Waals surface area contributed by atoms with Crippen LogP contribution in [0.1, 0.15) is 12.5 Å². The van der Waals surface area contributed by atoms with Crippen molar-refractivity contribution in [1.29, 1.82) is 0 Å². The molecule has 1 unspecified atom stereocenters. The molecule has 0 bridgehead atoms. The van der Waals surface area contributed by atoms with Crippen LogP contribution in [0.15, 0.2) is 42.5 Å². The molecule has 1 nitrogen and oxygen atoms in total. The molecule has 0 aliphatic carbocycles. The Morgan fingerprint density at radius 1 is 1.11 bits per heavy atom. The number of halogens is 3. The summed E-state index contributed by atoms with van der Waals surface area (Å²) in [6.45, 7) is 1.98. The molecule has 0 radical (unpaired) electrons. The van der Waals surface area contributed by atoms with Gasteiger partial charge in [0.05, 0.1) is 15.7 Å². The van der Waals surface area contributed by atoms with Gasteiger partial charge in [-0.2, -0.15) is 0 Å². The Bertz CT molecular complexity index is 572. The highest BCUT2D eigenvalue weighted by Gasteiger charge is 2.10. The van der Waals surface area contributed by atoms with E-state index in [1.807, 2.05) is 25.1 Å². The van der Waals surface area contributed by atoms with Crippen LogP contribution in [0.2, 0.25) is 10.0 Å². The Morgan fingerprint density at radius 3 is 2.58 bits per heavy atom. The molecule has 1 N–H and O–H groups in total. The normalized spacial score (nSPS) is 12.2. The van der Waals surface area contributed by atoms with Crippen LogP contribution in [0, 0.1) is 5.82 Å². The van der Waals surface area contributed by atoms with Crippen LogP contribution in [0.5, 0.6) is 0 Å². The third kappa shape index (κ3) is 3.62. The number of nitrogens with one attached hydrogen (secondary N) is 1. The van der Waals surface area contributed by atoms with Gasteiger partial charge in [-0.25, -0.2) is 4.39 Å². The van der Waals surface area contributed by atoms with Crippen LogP contribution in [-0.2, 0) is 6.42 Å². The highest BCUT2D eigenvalue weighted by atomic mass is 35.5. The van der Waals surface area contributed by atoms with E-state index in [-0.39, 0.29) is 11.9 Å². The molecule has 1 atom stereocenters. The zero-order valence-corrected chi connectivity index (χ0v) is 12.0. The van der Waals surface area contributed by atoms with Crippen molar-refractivity contribution in [2.24, 2.45) is 0 Å². The molecule has 0 aromatic heterocycles. The van der Waals surface area contributed by atoms with Gasteiger partial charge in [0.25, 0.3) is 0 Å². The van der Waals surface area contributed by atoms with Crippen LogP contribution >= 0.6 is 23.2 Å². The summed E-state index contributed by atoms with van der Waals surface area (Å²) in [5, 5.41) is 4.24. The third-order valence-electron chi connectivity index (χ3n) is 2.84. The van der Waals surface area contributed by atoms with Crippen molar-refractivity contribution in [2.45, 2.75) is 19.4 Å². The molecular weight excluding hydrogens is 284 g/mol. The third-order valence-corrected chi connectivity index (χ3v) is 3.66. The molecule has 19 heavy (non-hydrogen) atoms. The molecule has 0 aliphatic heterocycles. The fourth-order valence-corrected chi connectivity index (χ4v) is 2.28. The minimum atomic E-state index is -0.187. The lowest BCUT2D eigenvalue weighted by atomic mass is 10.1. The van der Waals surface area contributed by atoms with Gasteiger partial charge in [-0.1, -0.05) is 47.5 Å². The molecular formula is C15H14Cl2FN. The zero-order chi connectivity index (χ0) is 13.8. The van der Waals surface area contributed by atoms with Crippen LogP contribution in [0.3, 0.4) is 0 Å². The second-order valence-corrected chi connectivity index (χ2v) is 5.23. The van der Waals surface area contributed by atoms with Crippen LogP contribution in [0.4, 0.5) is 10.1 Å². The average Bonchev–Trinajstić information content (AvgIpc) is 2.38. The van der Waals surface area contributed by atoms with Crippen molar-refractivity contribution in [3.05, 3.63) is 63.9 Å². The van der Waals surface area contributed by atoms with Gasteiger partial charge in [0.1, 0.15) is 5.82 Å². The average molecular weight is 298 g/mol. The van der Waals surface area contributed by atoms with Crippen molar-refractivity contribution < 1.29 is 4.39 Å². The maximum absolute atomic E-state index is 13.6. The second-order valence-electron chi connectivity index (χ2n) is 4.44. The molecule has 2 aromatic rings. The van der Waals surface area contributed by atoms with Gasteiger partial charge >= 0.3 is 0 Å². The number of hydrogen-bond acceptors (Lipinski definition) is 1. The standard InChI is InChI=1S/C15H14Cl2FN/c1-10(9-11-5-2-3-7-13(11)18)19-14-8-4-6-12(16)15(14)17/h2-8,10,19H,9H2,1H3. The van der Waals surface area contributed by atoms with E-state index in [0.717, 1.165) is 5.69 Å². The molecule has 0 saturated carbocycles. The SMILES string of the molecule is CC(Cc1ccccc1F)Nc1cccc(Cl)c1Cl. The molecule has 0 spiro atoms. The van der Waals surface area contributed by atoms with Crippen LogP contribution < -0.4 is 5.32 Å². The lowest BCUT2D eigenvalue weighted by molar-refractivity contribution is 0.601. The predicted molar refractivity (Wildman–Crippen MR) is 79.7 cm³/mol. The largest absolute Gasteiger partial charge is 0.381 e. The smallest absolute Gasteiger partial charge is 0.126 e. The first-order valence-corrected chi connectivity index (χ1v) is 6.77. The van der Waals surface area contributed by atoms with Gasteiger partial charge in [-0.3, -0.25) is 0 Å². The van der Waals surface area contributed by atoms with E-state index in [1.165, 1.54) is 6.07 Å². The molecule has 100 valence electrons. The van der Waals surface area contributed by atoms with Crippen molar-refractivity contribution >= 4 is 28.9 Å². The first-order chi connectivity index (χ1) is 9.08. The van der Waals surface area contributed by atoms with E-state index >= 15 is 0 Å². The molecule has 0 amide bonds. The molecule has 0 heterocycles. The Morgan fingerprint density at radius 2 is 1.84 bits per heavy atom. The summed E-state index contributed by atoms with van der Waals surface area (Å²) in [5.74, 6) is -0.187. The van der Waals surface area contributed by atoms with E-state index in [1.54, 1.807) is 18.2 Å². The fourth-order valence-electron chi connectivity index (χ4n) is 1.93. The van der Waals surface area contributed by atoms with Gasteiger partial charge in [0.15, 0.2) is 0 Å². The molecule has 0 aliphatic rings. The molecule has 0 fully saturated rings. The maximum atomic E-state index is 13.6. The summed E-state index contributed by atoms with van der Waals surface area (Å²) in [6, 6.07) is 12.2. The number of rotatable bonds is 4. The van der Waals surface area contributed by atoms with Crippen molar-refractivity contribution in [3.63, 3.8) is 0 Å². The lowest BCUT2D eigenvalue weighted by Gasteiger charge is -2.17. The number of hydrogen-bond donors (Lipinski definition) is 1. The van der Waals surface area contributed by atoms with Gasteiger partial charge in [0, 0.05) is 6.04 Å². The minimum Gasteiger partial charge on any atom is -0.381 e. The Hall–Kier alpha value is -1.25. The van der Waals surface area contributed by atoms with Gasteiger partial charge < -0.3 is 5.32 Å². The Balaban J connectivity index is 2.08. The Labute approximate surface area is 122 Å². The maximum Gasteiger partial charge on any atom is 0.126 e. The highest BCUT2D eigenvalue weighted by molar-refractivity contribution is 6.43. The Kier molecular flexibility index (Phi) is 4.67. The molecule has 2 rings (SSSR count). The summed E-state index contributed by atoms with van der Waals surface area (Å²) >= 11 is 12.1. The molecule has 2 aromatic carbocycles. The van der Waals surface area contributed by atoms with E-state index < -0.39 is 0 Å². The molecule has 0 saturated heterocycles. The summed E-state index contributed by atoms with van der Waals surface area (Å²) < 4.78 is 13.6. The van der Waals surface area contributed by atoms with E-state index in [2.05, 4.69) is 5.32 Å². The van der Waals surface area contributed by atoms with E-state index in [0.29, 0.717) is 22.0 Å². The van der Waals surface area contributed by atoms with Gasteiger partial charge in [-0.15, -0.1) is 0 Å². The van der Waals surface area contributed by atoms with Crippen molar-refractivity contribution in [1.82, 2.24) is 0 Å². The zero-order valence-electron chi connectivity index (χ0n) is 10.5. The van der Waals surface area contributed by atoms with E-state index in [9.17, 15) is 4.39 Å². The van der Waals surface area contributed by atoms with Gasteiger partial charge in [0.2, 0.25) is 0 Å². The summed E-state index contributed by atoms with van der Waals surface area (Å²) in [7, 11) is 0. The first-order valence-electron chi connectivity index (χ1n) is 6.02. The lowest BCUT2D eigenvalue weighted by Crippen LogP contribution is -2.19. The number of benzene rings is 2. The highest BCUT2D eigenvalue weighted by Crippen LogP contribution is 2.30. The van der Waals surface area contributed by atoms with Crippen molar-refractivity contribution in [3.8, 4) is 0 Å². The van der Waals surface area contributed by atoms with Crippen molar-refractivity contribution in [2.75, 3.05) is 5.32 Å². The quantitative estimate of drug-likeness (QED) is 0.820. The summed E-state index contributed by atoms with van der Waals surface area (Å²) in [5.41, 5.74) is 1.44. The summed E-state index contributed by atoms with van der Waals surface area (Å²) in [6.07, 6.45) is 0.579. The van der Waals surface area contributed by atoms with Gasteiger partial charge in [-0.05, 0) is 37.1 Å². The minimum absolute atomic E-state index is 0.0490. The van der Waals surface area contributed by atoms with Crippen LogP contribution in [-0.4, -0.2) is 6.04 Å². The first kappa shape index (κ1) is 14.2. The number of anilines is 1. The monoisotopic (exact) mass is 297 g/mol. The fraction of sp³-hybridized carbons (Fsp3) is 0.200. The summed E-state index contributed by atoms with van der Waals surface area (Å²) in [4.78, 5) is 0. The molecule has 4 heteroatoms. The van der Waals surface area contributed by atoms with Crippen LogP contribution in [0.25, 0.3) is 0 Å². The van der Waals surface area contributed by atoms with E-state index in [4.69, 9.17) is 23.2 Å². The topological polar surface area (TPSA) is 12.0 Å². The second kappa shape index (κ2) is 6.27. The predicted octanol–water partition coefficient (Wildman–Crippen LogP) is 5.18.